The molecule has 4 rings (SSSR count). The fourth-order valence-corrected chi connectivity index (χ4v) is 4.16. The van der Waals surface area contributed by atoms with Crippen molar-refractivity contribution in [1.29, 1.82) is 0 Å². The highest BCUT2D eigenvalue weighted by molar-refractivity contribution is 5.84. The van der Waals surface area contributed by atoms with Crippen molar-refractivity contribution in [3.63, 3.8) is 0 Å². The van der Waals surface area contributed by atoms with E-state index in [0.717, 1.165) is 29.8 Å². The van der Waals surface area contributed by atoms with Gasteiger partial charge in [-0.3, -0.25) is 4.79 Å². The molecule has 0 radical (unpaired) electrons. The number of benzene rings is 1. The topological polar surface area (TPSA) is 44.1 Å². The first-order valence-corrected chi connectivity index (χ1v) is 8.51. The average molecular weight is 310 g/mol. The average Bonchev–Trinajstić information content (AvgIpc) is 3.18. The lowest BCUT2D eigenvalue weighted by atomic mass is 9.83. The Kier molecular flexibility index (Phi) is 3.68. The van der Waals surface area contributed by atoms with E-state index >= 15 is 0 Å². The summed E-state index contributed by atoms with van der Waals surface area (Å²) in [6.45, 7) is 0. The predicted octanol–water partition coefficient (Wildman–Crippen LogP) is 4.00. The summed E-state index contributed by atoms with van der Waals surface area (Å²) < 4.78 is 7.66. The van der Waals surface area contributed by atoms with Crippen LogP contribution in [0, 0.1) is 5.92 Å². The summed E-state index contributed by atoms with van der Waals surface area (Å²) >= 11 is 0. The molecule has 0 spiro atoms. The number of methoxy groups -OCH3 is 1. The van der Waals surface area contributed by atoms with Crippen LogP contribution in [0.3, 0.4) is 0 Å². The SMILES string of the molecule is COc1cccc2c1-c1cncn1C2CC(=O)C1CCCCC1. The van der Waals surface area contributed by atoms with Gasteiger partial charge in [0.2, 0.25) is 0 Å². The molecule has 0 saturated heterocycles. The number of carbonyl (C=O) groups excluding carboxylic acids is 1. The number of hydrogen-bond donors (Lipinski definition) is 0. The van der Waals surface area contributed by atoms with E-state index in [2.05, 4.69) is 15.6 Å². The van der Waals surface area contributed by atoms with E-state index in [0.29, 0.717) is 12.2 Å². The molecule has 1 aliphatic heterocycles. The third-order valence-electron chi connectivity index (χ3n) is 5.35. The van der Waals surface area contributed by atoms with Crippen LogP contribution in [0.2, 0.25) is 0 Å². The highest BCUT2D eigenvalue weighted by Crippen LogP contribution is 2.46. The maximum Gasteiger partial charge on any atom is 0.138 e. The lowest BCUT2D eigenvalue weighted by Gasteiger charge is -2.22. The van der Waals surface area contributed by atoms with Gasteiger partial charge >= 0.3 is 0 Å². The number of imidazole rings is 1. The number of rotatable bonds is 4. The molecule has 1 unspecified atom stereocenters. The van der Waals surface area contributed by atoms with Gasteiger partial charge in [0.1, 0.15) is 11.5 Å². The van der Waals surface area contributed by atoms with Crippen LogP contribution in [0.1, 0.15) is 50.1 Å². The summed E-state index contributed by atoms with van der Waals surface area (Å²) in [6, 6.07) is 6.16. The normalized spacial score (nSPS) is 20.1. The van der Waals surface area contributed by atoms with Crippen LogP contribution in [0.4, 0.5) is 0 Å². The van der Waals surface area contributed by atoms with Crippen LogP contribution < -0.4 is 4.74 Å². The molecular weight excluding hydrogens is 288 g/mol. The lowest BCUT2D eigenvalue weighted by Crippen LogP contribution is -2.21. The molecule has 2 aromatic rings. The van der Waals surface area contributed by atoms with Crippen LogP contribution in [-0.4, -0.2) is 22.4 Å². The van der Waals surface area contributed by atoms with Crippen molar-refractivity contribution < 1.29 is 9.53 Å². The van der Waals surface area contributed by atoms with E-state index in [9.17, 15) is 4.79 Å². The Morgan fingerprint density at radius 3 is 2.91 bits per heavy atom. The van der Waals surface area contributed by atoms with Gasteiger partial charge in [0.15, 0.2) is 0 Å². The van der Waals surface area contributed by atoms with E-state index in [1.165, 1.54) is 24.8 Å². The second-order valence-corrected chi connectivity index (χ2v) is 6.63. The Morgan fingerprint density at radius 1 is 1.30 bits per heavy atom. The number of ketones is 1. The van der Waals surface area contributed by atoms with Gasteiger partial charge < -0.3 is 9.30 Å². The van der Waals surface area contributed by atoms with Gasteiger partial charge in [-0.2, -0.15) is 0 Å². The van der Waals surface area contributed by atoms with Gasteiger partial charge in [0.05, 0.1) is 31.4 Å². The van der Waals surface area contributed by atoms with Crippen LogP contribution in [-0.2, 0) is 4.79 Å². The summed E-state index contributed by atoms with van der Waals surface area (Å²) in [6.07, 6.45) is 10.1. The molecule has 0 amide bonds. The standard InChI is InChI=1S/C19H22N2O2/c1-23-18-9-5-8-14-15(21-12-20-11-16(21)19(14)18)10-17(22)13-6-3-2-4-7-13/h5,8-9,11-13,15H,2-4,6-7,10H2,1H3. The van der Waals surface area contributed by atoms with Gasteiger partial charge in [-0.15, -0.1) is 0 Å². The van der Waals surface area contributed by atoms with Crippen molar-refractivity contribution in [3.05, 3.63) is 36.3 Å². The minimum Gasteiger partial charge on any atom is -0.496 e. The maximum absolute atomic E-state index is 12.8. The summed E-state index contributed by atoms with van der Waals surface area (Å²) in [4.78, 5) is 17.1. The molecule has 1 saturated carbocycles. The highest BCUT2D eigenvalue weighted by Gasteiger charge is 2.34. The van der Waals surface area contributed by atoms with Crippen molar-refractivity contribution in [2.45, 2.75) is 44.6 Å². The van der Waals surface area contributed by atoms with Crippen molar-refractivity contribution in [3.8, 4) is 17.0 Å². The van der Waals surface area contributed by atoms with E-state index in [1.807, 2.05) is 24.7 Å². The molecule has 1 aliphatic carbocycles. The first-order chi connectivity index (χ1) is 11.3. The lowest BCUT2D eigenvalue weighted by molar-refractivity contribution is -0.124. The number of hydrogen-bond acceptors (Lipinski definition) is 3. The quantitative estimate of drug-likeness (QED) is 0.857. The molecule has 2 heterocycles. The van der Waals surface area contributed by atoms with Crippen molar-refractivity contribution >= 4 is 5.78 Å². The molecule has 1 fully saturated rings. The molecule has 120 valence electrons. The molecule has 0 bridgehead atoms. The molecule has 23 heavy (non-hydrogen) atoms. The summed E-state index contributed by atoms with van der Waals surface area (Å²) in [5.41, 5.74) is 3.33. The number of Topliss-reactive ketones (excluding diaryl/α,β-unsaturated/α-hetero) is 1. The maximum atomic E-state index is 12.8. The minimum absolute atomic E-state index is 0.0621. The van der Waals surface area contributed by atoms with Gasteiger partial charge in [0.25, 0.3) is 0 Å². The molecule has 4 nitrogen and oxygen atoms in total. The third kappa shape index (κ3) is 2.37. The van der Waals surface area contributed by atoms with Crippen LogP contribution in [0.5, 0.6) is 5.75 Å². The summed E-state index contributed by atoms with van der Waals surface area (Å²) in [7, 11) is 1.69. The second-order valence-electron chi connectivity index (χ2n) is 6.63. The number of fused-ring (bicyclic) bond motifs is 3. The molecule has 1 aromatic heterocycles. The molecule has 1 atom stereocenters. The van der Waals surface area contributed by atoms with Crippen molar-refractivity contribution in [2.24, 2.45) is 5.92 Å². The molecule has 2 aliphatic rings. The van der Waals surface area contributed by atoms with Crippen LogP contribution >= 0.6 is 0 Å². The number of aromatic nitrogens is 2. The van der Waals surface area contributed by atoms with E-state index in [-0.39, 0.29) is 12.0 Å². The van der Waals surface area contributed by atoms with Crippen LogP contribution in [0.25, 0.3) is 11.3 Å². The van der Waals surface area contributed by atoms with Crippen molar-refractivity contribution in [2.75, 3.05) is 7.11 Å². The summed E-state index contributed by atoms with van der Waals surface area (Å²) in [5, 5.41) is 0. The Labute approximate surface area is 136 Å². The Bertz CT molecular complexity index is 729. The highest BCUT2D eigenvalue weighted by atomic mass is 16.5. The zero-order valence-corrected chi connectivity index (χ0v) is 13.5. The Hall–Kier alpha value is -2.10. The predicted molar refractivity (Wildman–Crippen MR) is 88.6 cm³/mol. The molecule has 1 aromatic carbocycles. The fraction of sp³-hybridized carbons (Fsp3) is 0.474. The fourth-order valence-electron chi connectivity index (χ4n) is 4.16. The van der Waals surface area contributed by atoms with Gasteiger partial charge in [-0.1, -0.05) is 31.4 Å². The zero-order chi connectivity index (χ0) is 15.8. The van der Waals surface area contributed by atoms with Crippen LogP contribution in [0.15, 0.2) is 30.7 Å². The third-order valence-corrected chi connectivity index (χ3v) is 5.35. The van der Waals surface area contributed by atoms with E-state index in [4.69, 9.17) is 4.74 Å². The Balaban J connectivity index is 1.67. The first-order valence-electron chi connectivity index (χ1n) is 8.51. The monoisotopic (exact) mass is 310 g/mol. The molecule has 0 N–H and O–H groups in total. The molecule has 4 heteroatoms. The zero-order valence-electron chi connectivity index (χ0n) is 13.5. The number of carbonyl (C=O) groups is 1. The minimum atomic E-state index is 0.0621. The van der Waals surface area contributed by atoms with Gasteiger partial charge in [-0.05, 0) is 24.5 Å². The number of nitrogens with zero attached hydrogens (tertiary/aromatic N) is 2. The van der Waals surface area contributed by atoms with Gasteiger partial charge in [0, 0.05) is 17.9 Å². The van der Waals surface area contributed by atoms with Crippen molar-refractivity contribution in [1.82, 2.24) is 9.55 Å². The second kappa shape index (κ2) is 5.84. The van der Waals surface area contributed by atoms with E-state index < -0.39 is 0 Å². The smallest absolute Gasteiger partial charge is 0.138 e. The van der Waals surface area contributed by atoms with E-state index in [1.54, 1.807) is 7.11 Å². The first kappa shape index (κ1) is 14.5. The molecular formula is C19H22N2O2. The van der Waals surface area contributed by atoms with Gasteiger partial charge in [-0.25, -0.2) is 4.98 Å². The summed E-state index contributed by atoms with van der Waals surface area (Å²) in [5.74, 6) is 1.52. The Morgan fingerprint density at radius 2 is 2.13 bits per heavy atom. The number of ether oxygens (including phenoxy) is 1. The largest absolute Gasteiger partial charge is 0.496 e.